The number of ether oxygens (including phenoxy) is 1. The minimum atomic E-state index is -0.241. The Hall–Kier alpha value is -1.02. The van der Waals surface area contributed by atoms with Gasteiger partial charge in [-0.3, -0.25) is 0 Å². The maximum Gasteiger partial charge on any atom is 0.118 e. The zero-order valence-electron chi connectivity index (χ0n) is 12.6. The minimum absolute atomic E-state index is 0.241. The first-order chi connectivity index (χ1) is 8.93. The molecule has 0 bridgehead atoms. The molecule has 2 nitrogen and oxygen atoms in total. The van der Waals surface area contributed by atoms with Crippen molar-refractivity contribution in [3.63, 3.8) is 0 Å². The van der Waals surface area contributed by atoms with Crippen molar-refractivity contribution >= 4 is 0 Å². The molecule has 2 N–H and O–H groups in total. The third kappa shape index (κ3) is 3.11. The molecule has 0 saturated heterocycles. The Kier molecular flexibility index (Phi) is 4.19. The summed E-state index contributed by atoms with van der Waals surface area (Å²) < 4.78 is 5.22. The van der Waals surface area contributed by atoms with Crippen LogP contribution in [0.1, 0.15) is 45.6 Å². The van der Waals surface area contributed by atoms with Crippen molar-refractivity contribution in [2.24, 2.45) is 23.5 Å². The molecule has 0 heterocycles. The summed E-state index contributed by atoms with van der Waals surface area (Å²) in [7, 11) is 1.70. The molecule has 3 atom stereocenters. The fraction of sp³-hybridized carbons (Fsp3) is 0.647. The molecule has 0 spiro atoms. The van der Waals surface area contributed by atoms with Crippen LogP contribution in [0, 0.1) is 17.8 Å². The van der Waals surface area contributed by atoms with Crippen LogP contribution >= 0.6 is 0 Å². The second-order valence-corrected chi connectivity index (χ2v) is 6.63. The second kappa shape index (κ2) is 5.54. The van der Waals surface area contributed by atoms with E-state index in [1.54, 1.807) is 7.11 Å². The summed E-state index contributed by atoms with van der Waals surface area (Å²) in [4.78, 5) is 0. The summed E-state index contributed by atoms with van der Waals surface area (Å²) in [6.45, 7) is 6.89. The van der Waals surface area contributed by atoms with E-state index in [1.807, 2.05) is 12.1 Å². The Morgan fingerprint density at radius 3 is 2.05 bits per heavy atom. The van der Waals surface area contributed by atoms with E-state index in [0.29, 0.717) is 5.92 Å². The molecular weight excluding hydrogens is 234 g/mol. The maximum atomic E-state index is 6.69. The molecule has 0 radical (unpaired) electrons. The smallest absolute Gasteiger partial charge is 0.118 e. The summed E-state index contributed by atoms with van der Waals surface area (Å²) >= 11 is 0. The highest BCUT2D eigenvalue weighted by Crippen LogP contribution is 2.42. The number of hydrogen-bond acceptors (Lipinski definition) is 2. The third-order valence-electron chi connectivity index (χ3n) is 4.74. The molecule has 2 heteroatoms. The lowest BCUT2D eigenvalue weighted by Crippen LogP contribution is -2.44. The Balaban J connectivity index is 2.19. The fourth-order valence-corrected chi connectivity index (χ4v) is 3.62. The van der Waals surface area contributed by atoms with Gasteiger partial charge in [0, 0.05) is 5.54 Å². The number of hydrogen-bond donors (Lipinski definition) is 1. The number of rotatable bonds is 3. The highest BCUT2D eigenvalue weighted by molar-refractivity contribution is 5.32. The van der Waals surface area contributed by atoms with Crippen molar-refractivity contribution in [1.29, 1.82) is 0 Å². The Labute approximate surface area is 117 Å². The number of benzene rings is 1. The molecule has 1 fully saturated rings. The van der Waals surface area contributed by atoms with Crippen LogP contribution < -0.4 is 10.5 Å². The molecule has 0 aliphatic heterocycles. The van der Waals surface area contributed by atoms with Gasteiger partial charge in [-0.25, -0.2) is 0 Å². The normalized spacial score (nSPS) is 30.7. The molecule has 0 aromatic heterocycles. The van der Waals surface area contributed by atoms with Gasteiger partial charge < -0.3 is 10.5 Å². The van der Waals surface area contributed by atoms with E-state index >= 15 is 0 Å². The van der Waals surface area contributed by atoms with Crippen LogP contribution in [0.3, 0.4) is 0 Å². The highest BCUT2D eigenvalue weighted by Gasteiger charge is 2.36. The third-order valence-corrected chi connectivity index (χ3v) is 4.74. The van der Waals surface area contributed by atoms with Crippen LogP contribution in [-0.2, 0) is 5.54 Å². The summed E-state index contributed by atoms with van der Waals surface area (Å²) in [5.74, 6) is 3.04. The lowest BCUT2D eigenvalue weighted by molar-refractivity contribution is 0.145. The van der Waals surface area contributed by atoms with Gasteiger partial charge in [-0.2, -0.15) is 0 Å². The summed E-state index contributed by atoms with van der Waals surface area (Å²) in [5, 5.41) is 0. The van der Waals surface area contributed by atoms with E-state index < -0.39 is 0 Å². The average molecular weight is 261 g/mol. The largest absolute Gasteiger partial charge is 0.497 e. The highest BCUT2D eigenvalue weighted by atomic mass is 16.5. The van der Waals surface area contributed by atoms with Gasteiger partial charge in [0.05, 0.1) is 7.11 Å². The predicted molar refractivity (Wildman–Crippen MR) is 80.2 cm³/mol. The molecule has 3 unspecified atom stereocenters. The molecule has 19 heavy (non-hydrogen) atoms. The van der Waals surface area contributed by atoms with Gasteiger partial charge in [0.15, 0.2) is 0 Å². The van der Waals surface area contributed by atoms with Gasteiger partial charge in [0.1, 0.15) is 5.75 Å². The van der Waals surface area contributed by atoms with Gasteiger partial charge in [-0.05, 0) is 61.6 Å². The molecule has 1 saturated carbocycles. The molecule has 1 aromatic carbocycles. The van der Waals surface area contributed by atoms with E-state index in [4.69, 9.17) is 10.5 Å². The average Bonchev–Trinajstić information content (AvgIpc) is 2.37. The van der Waals surface area contributed by atoms with Crippen LogP contribution in [0.4, 0.5) is 0 Å². The summed E-state index contributed by atoms with van der Waals surface area (Å²) in [6.07, 6.45) is 3.82. The quantitative estimate of drug-likeness (QED) is 0.894. The summed E-state index contributed by atoms with van der Waals surface area (Å²) in [6, 6.07) is 8.25. The van der Waals surface area contributed by atoms with Gasteiger partial charge in [0.25, 0.3) is 0 Å². The zero-order valence-corrected chi connectivity index (χ0v) is 12.6. The molecule has 1 aliphatic rings. The van der Waals surface area contributed by atoms with Gasteiger partial charge in [0.2, 0.25) is 0 Å². The zero-order chi connectivity index (χ0) is 14.0. The first-order valence-electron chi connectivity index (χ1n) is 7.37. The van der Waals surface area contributed by atoms with Gasteiger partial charge >= 0.3 is 0 Å². The van der Waals surface area contributed by atoms with Crippen molar-refractivity contribution in [1.82, 2.24) is 0 Å². The SMILES string of the molecule is COc1ccc(C(C)(N)C2CC(C)CC(C)C2)cc1. The van der Waals surface area contributed by atoms with Crippen molar-refractivity contribution < 1.29 is 4.74 Å². The van der Waals surface area contributed by atoms with E-state index in [0.717, 1.165) is 17.6 Å². The van der Waals surface area contributed by atoms with Crippen molar-refractivity contribution in [3.05, 3.63) is 29.8 Å². The molecular formula is C17H27NO. The van der Waals surface area contributed by atoms with Gasteiger partial charge in [-0.1, -0.05) is 26.0 Å². The Morgan fingerprint density at radius 1 is 1.05 bits per heavy atom. The monoisotopic (exact) mass is 261 g/mol. The lowest BCUT2D eigenvalue weighted by Gasteiger charge is -2.41. The predicted octanol–water partition coefficient (Wildman–Crippen LogP) is 3.94. The lowest BCUT2D eigenvalue weighted by atomic mass is 9.67. The van der Waals surface area contributed by atoms with E-state index in [9.17, 15) is 0 Å². The topological polar surface area (TPSA) is 35.2 Å². The molecule has 1 aromatic rings. The van der Waals surface area contributed by atoms with E-state index in [2.05, 4.69) is 32.9 Å². The van der Waals surface area contributed by atoms with Crippen LogP contribution in [0.5, 0.6) is 5.75 Å². The van der Waals surface area contributed by atoms with Crippen molar-refractivity contribution in [2.45, 2.75) is 45.6 Å². The Bertz CT molecular complexity index is 400. The molecule has 1 aliphatic carbocycles. The van der Waals surface area contributed by atoms with Crippen LogP contribution in [0.2, 0.25) is 0 Å². The molecule has 0 amide bonds. The van der Waals surface area contributed by atoms with E-state index in [-0.39, 0.29) is 5.54 Å². The van der Waals surface area contributed by atoms with Crippen LogP contribution in [0.15, 0.2) is 24.3 Å². The number of methoxy groups -OCH3 is 1. The van der Waals surface area contributed by atoms with Crippen LogP contribution in [-0.4, -0.2) is 7.11 Å². The van der Waals surface area contributed by atoms with Crippen LogP contribution in [0.25, 0.3) is 0 Å². The molecule has 2 rings (SSSR count). The second-order valence-electron chi connectivity index (χ2n) is 6.63. The first kappa shape index (κ1) is 14.4. The maximum absolute atomic E-state index is 6.69. The standard InChI is InChI=1S/C17H27NO/c1-12-9-13(2)11-15(10-12)17(3,18)14-5-7-16(19-4)8-6-14/h5-8,12-13,15H,9-11,18H2,1-4H3. The number of nitrogens with two attached hydrogens (primary N) is 1. The van der Waals surface area contributed by atoms with Crippen molar-refractivity contribution in [2.75, 3.05) is 7.11 Å². The van der Waals surface area contributed by atoms with Gasteiger partial charge in [-0.15, -0.1) is 0 Å². The molecule has 106 valence electrons. The fourth-order valence-electron chi connectivity index (χ4n) is 3.62. The first-order valence-corrected chi connectivity index (χ1v) is 7.37. The van der Waals surface area contributed by atoms with E-state index in [1.165, 1.54) is 24.8 Å². The Morgan fingerprint density at radius 2 is 1.58 bits per heavy atom. The minimum Gasteiger partial charge on any atom is -0.497 e. The van der Waals surface area contributed by atoms with Crippen molar-refractivity contribution in [3.8, 4) is 5.75 Å². The summed E-state index contributed by atoms with van der Waals surface area (Å²) in [5.41, 5.74) is 7.67.